The van der Waals surface area contributed by atoms with Crippen molar-refractivity contribution in [2.45, 2.75) is 19.3 Å². The molecular weight excluding hydrogens is 388 g/mol. The molecule has 1 aliphatic carbocycles. The molecule has 3 aromatic rings. The molecule has 1 fully saturated rings. The third-order valence-corrected chi connectivity index (χ3v) is 5.81. The molecule has 154 valence electrons. The zero-order valence-electron chi connectivity index (χ0n) is 16.9. The van der Waals surface area contributed by atoms with Gasteiger partial charge in [-0.25, -0.2) is 4.98 Å². The van der Waals surface area contributed by atoms with Crippen molar-refractivity contribution in [2.75, 3.05) is 15.5 Å². The fourth-order valence-electron chi connectivity index (χ4n) is 3.83. The van der Waals surface area contributed by atoms with Crippen LogP contribution in [-0.2, 0) is 4.79 Å². The number of aromatic nitrogens is 1. The minimum atomic E-state index is 0.0612. The lowest BCUT2D eigenvalue weighted by Crippen LogP contribution is -2.36. The van der Waals surface area contributed by atoms with Crippen molar-refractivity contribution >= 4 is 40.5 Å². The number of amidine groups is 2. The molecule has 7 nitrogen and oxygen atoms in total. The van der Waals surface area contributed by atoms with Crippen LogP contribution in [0.15, 0.2) is 66.9 Å². The minimum absolute atomic E-state index is 0.0612. The maximum Gasteiger partial charge on any atom is 0.227 e. The quantitative estimate of drug-likeness (QED) is 0.370. The van der Waals surface area contributed by atoms with Crippen molar-refractivity contribution in [2.24, 2.45) is 5.92 Å². The Morgan fingerprint density at radius 1 is 1.06 bits per heavy atom. The molecule has 0 spiro atoms. The summed E-state index contributed by atoms with van der Waals surface area (Å²) in [5.41, 5.74) is 3.46. The van der Waals surface area contributed by atoms with Crippen LogP contribution in [0.3, 0.4) is 0 Å². The topological polar surface area (TPSA) is 105 Å². The number of nitrogens with one attached hydrogen (secondary N) is 4. The van der Waals surface area contributed by atoms with Crippen LogP contribution in [-0.4, -0.2) is 22.6 Å². The van der Waals surface area contributed by atoms with Crippen LogP contribution in [0, 0.1) is 16.7 Å². The number of nitrogens with zero attached hydrogens (tertiary/aromatic N) is 2. The standard InChI is InChI=1S/C24H22N6O/c25-21(15-10-12-17(13-11-15)28-24(31)16-5-3-6-16)30-20-9-4-14-27-23(20)29-19-8-2-1-7-18(19)22(30)26/h1-2,4,7-14,16,25-26H,3,5-6H2,(H,27,29)(H,28,31). The highest BCUT2D eigenvalue weighted by molar-refractivity contribution is 6.30. The van der Waals surface area contributed by atoms with Gasteiger partial charge in [0.2, 0.25) is 5.91 Å². The average molecular weight is 410 g/mol. The maximum atomic E-state index is 12.2. The van der Waals surface area contributed by atoms with Gasteiger partial charge in [0.15, 0.2) is 5.82 Å². The number of amides is 1. The Kier molecular flexibility index (Phi) is 4.71. The summed E-state index contributed by atoms with van der Waals surface area (Å²) in [5, 5.41) is 24.0. The van der Waals surface area contributed by atoms with E-state index in [1.165, 1.54) is 0 Å². The summed E-state index contributed by atoms with van der Waals surface area (Å²) in [7, 11) is 0. The first-order valence-corrected chi connectivity index (χ1v) is 10.3. The van der Waals surface area contributed by atoms with E-state index < -0.39 is 0 Å². The van der Waals surface area contributed by atoms with Gasteiger partial charge in [0.1, 0.15) is 11.7 Å². The van der Waals surface area contributed by atoms with Crippen molar-refractivity contribution in [1.29, 1.82) is 10.8 Å². The van der Waals surface area contributed by atoms with Gasteiger partial charge in [0.25, 0.3) is 0 Å². The SMILES string of the molecule is N=C(c1ccc(NC(=O)C2CCC2)cc1)N1C(=N)c2ccccc2Nc2ncccc21. The fourth-order valence-corrected chi connectivity index (χ4v) is 3.83. The van der Waals surface area contributed by atoms with Crippen molar-refractivity contribution in [3.05, 3.63) is 78.0 Å². The molecule has 2 aromatic carbocycles. The van der Waals surface area contributed by atoms with Crippen LogP contribution in [0.1, 0.15) is 30.4 Å². The number of carbonyl (C=O) groups excluding carboxylic acids is 1. The summed E-state index contributed by atoms with van der Waals surface area (Å²) < 4.78 is 0. The number of pyridine rings is 1. The molecule has 31 heavy (non-hydrogen) atoms. The first-order valence-electron chi connectivity index (χ1n) is 10.3. The zero-order valence-corrected chi connectivity index (χ0v) is 16.9. The summed E-state index contributed by atoms with van der Waals surface area (Å²) >= 11 is 0. The van der Waals surface area contributed by atoms with Gasteiger partial charge in [-0.2, -0.15) is 0 Å². The first kappa shape index (κ1) is 19.0. The van der Waals surface area contributed by atoms with Gasteiger partial charge >= 0.3 is 0 Å². The van der Waals surface area contributed by atoms with Crippen LogP contribution in [0.5, 0.6) is 0 Å². The van der Waals surface area contributed by atoms with Crippen LogP contribution < -0.4 is 15.5 Å². The first-order chi connectivity index (χ1) is 15.1. The third kappa shape index (κ3) is 3.44. The fraction of sp³-hybridized carbons (Fsp3) is 0.167. The molecule has 0 bridgehead atoms. The normalized spacial score (nSPS) is 15.1. The number of fused-ring (bicyclic) bond motifs is 2. The van der Waals surface area contributed by atoms with Gasteiger partial charge in [-0.1, -0.05) is 18.6 Å². The van der Waals surface area contributed by atoms with Crippen molar-refractivity contribution in [3.8, 4) is 0 Å². The van der Waals surface area contributed by atoms with E-state index in [2.05, 4.69) is 15.6 Å². The van der Waals surface area contributed by atoms with Crippen molar-refractivity contribution in [1.82, 2.24) is 4.98 Å². The number of rotatable bonds is 3. The summed E-state index contributed by atoms with van der Waals surface area (Å²) in [6.07, 6.45) is 4.71. The highest BCUT2D eigenvalue weighted by Crippen LogP contribution is 2.35. The lowest BCUT2D eigenvalue weighted by atomic mass is 9.85. The zero-order chi connectivity index (χ0) is 21.4. The highest BCUT2D eigenvalue weighted by Gasteiger charge is 2.28. The van der Waals surface area contributed by atoms with E-state index in [9.17, 15) is 4.79 Å². The molecule has 1 saturated carbocycles. The predicted octanol–water partition coefficient (Wildman–Crippen LogP) is 4.73. The van der Waals surface area contributed by atoms with E-state index in [4.69, 9.17) is 10.8 Å². The van der Waals surface area contributed by atoms with E-state index in [1.54, 1.807) is 41.4 Å². The second-order valence-corrected chi connectivity index (χ2v) is 7.77. The predicted molar refractivity (Wildman–Crippen MR) is 123 cm³/mol. The lowest BCUT2D eigenvalue weighted by molar-refractivity contribution is -0.122. The molecule has 0 radical (unpaired) electrons. The van der Waals surface area contributed by atoms with E-state index in [0.717, 1.165) is 24.9 Å². The van der Waals surface area contributed by atoms with Gasteiger partial charge in [0.05, 0.1) is 11.4 Å². The molecule has 1 aromatic heterocycles. The number of hydrogen-bond donors (Lipinski definition) is 4. The van der Waals surface area contributed by atoms with Crippen LogP contribution in [0.25, 0.3) is 0 Å². The monoisotopic (exact) mass is 410 g/mol. The maximum absolute atomic E-state index is 12.2. The Morgan fingerprint density at radius 3 is 2.58 bits per heavy atom. The Hall–Kier alpha value is -4.00. The second kappa shape index (κ2) is 7.68. The number of anilines is 4. The lowest BCUT2D eigenvalue weighted by Gasteiger charge is -2.25. The Labute approximate surface area is 180 Å². The van der Waals surface area contributed by atoms with Crippen LogP contribution in [0.4, 0.5) is 22.9 Å². The highest BCUT2D eigenvalue weighted by atomic mass is 16.1. The van der Waals surface area contributed by atoms with Crippen LogP contribution >= 0.6 is 0 Å². The van der Waals surface area contributed by atoms with E-state index >= 15 is 0 Å². The number of para-hydroxylation sites is 1. The van der Waals surface area contributed by atoms with Crippen molar-refractivity contribution < 1.29 is 4.79 Å². The summed E-state index contributed by atoms with van der Waals surface area (Å²) in [5.74, 6) is 1.13. The molecule has 0 saturated heterocycles. The Morgan fingerprint density at radius 2 is 1.84 bits per heavy atom. The largest absolute Gasteiger partial charge is 0.338 e. The number of benzene rings is 2. The minimum Gasteiger partial charge on any atom is -0.338 e. The van der Waals surface area contributed by atoms with Gasteiger partial charge in [0, 0.05) is 28.9 Å². The molecule has 1 amide bonds. The smallest absolute Gasteiger partial charge is 0.227 e. The van der Waals surface area contributed by atoms with E-state index in [0.29, 0.717) is 28.3 Å². The molecule has 2 aliphatic rings. The molecular formula is C24H22N6O. The number of carbonyl (C=O) groups is 1. The summed E-state index contributed by atoms with van der Waals surface area (Å²) in [4.78, 5) is 18.2. The molecule has 0 unspecified atom stereocenters. The van der Waals surface area contributed by atoms with Gasteiger partial charge < -0.3 is 10.6 Å². The van der Waals surface area contributed by atoms with Crippen molar-refractivity contribution in [3.63, 3.8) is 0 Å². The molecule has 0 atom stereocenters. The summed E-state index contributed by atoms with van der Waals surface area (Å²) in [6, 6.07) is 18.4. The van der Waals surface area contributed by atoms with Gasteiger partial charge in [-0.05, 0) is 61.4 Å². The van der Waals surface area contributed by atoms with Gasteiger partial charge in [-0.3, -0.25) is 20.5 Å². The molecule has 1 aliphatic heterocycles. The average Bonchev–Trinajstić information content (AvgIpc) is 2.86. The number of hydrogen-bond acceptors (Lipinski definition) is 5. The van der Waals surface area contributed by atoms with E-state index in [1.807, 2.05) is 30.3 Å². The molecule has 7 heteroatoms. The second-order valence-electron chi connectivity index (χ2n) is 7.77. The third-order valence-electron chi connectivity index (χ3n) is 5.81. The molecule has 5 rings (SSSR count). The van der Waals surface area contributed by atoms with Gasteiger partial charge in [-0.15, -0.1) is 0 Å². The Balaban J connectivity index is 1.46. The Bertz CT molecular complexity index is 1180. The molecule has 4 N–H and O–H groups in total. The van der Waals surface area contributed by atoms with E-state index in [-0.39, 0.29) is 23.5 Å². The summed E-state index contributed by atoms with van der Waals surface area (Å²) in [6.45, 7) is 0. The molecule has 2 heterocycles. The van der Waals surface area contributed by atoms with Crippen LogP contribution in [0.2, 0.25) is 0 Å².